The third-order valence-corrected chi connectivity index (χ3v) is 3.58. The molecule has 0 unspecified atom stereocenters. The van der Waals surface area contributed by atoms with Crippen molar-refractivity contribution in [3.8, 4) is 0 Å². The van der Waals surface area contributed by atoms with Crippen molar-refractivity contribution in [1.82, 2.24) is 4.90 Å². The van der Waals surface area contributed by atoms with Gasteiger partial charge in [0.05, 0.1) is 12.2 Å². The lowest BCUT2D eigenvalue weighted by molar-refractivity contribution is 0.650. The fraction of sp³-hybridized carbons (Fsp3) is 0.250. The molecule has 2 heterocycles. The second-order valence-electron chi connectivity index (χ2n) is 3.81. The van der Waals surface area contributed by atoms with Gasteiger partial charge in [0, 0.05) is 12.0 Å². The average molecular weight is 216 g/mol. The second-order valence-corrected chi connectivity index (χ2v) is 4.64. The Morgan fingerprint density at radius 3 is 3.20 bits per heavy atom. The van der Waals surface area contributed by atoms with Gasteiger partial charge >= 0.3 is 0 Å². The fourth-order valence-corrected chi connectivity index (χ4v) is 2.91. The van der Waals surface area contributed by atoms with Gasteiger partial charge in [-0.1, -0.05) is 35.5 Å². The number of thioether (sulfide) groups is 1. The van der Waals surface area contributed by atoms with E-state index in [0.717, 1.165) is 18.3 Å². The number of benzene rings is 1. The molecule has 0 saturated heterocycles. The zero-order chi connectivity index (χ0) is 10.3. The lowest BCUT2D eigenvalue weighted by atomic mass is 10.1. The average Bonchev–Trinajstić information content (AvgIpc) is 2.77. The molecule has 1 aromatic carbocycles. The zero-order valence-corrected chi connectivity index (χ0v) is 9.42. The number of aryl methyl sites for hydroxylation is 1. The van der Waals surface area contributed by atoms with Crippen molar-refractivity contribution in [3.05, 3.63) is 40.8 Å². The molecule has 0 aliphatic carbocycles. The van der Waals surface area contributed by atoms with Gasteiger partial charge in [0.2, 0.25) is 0 Å². The van der Waals surface area contributed by atoms with Crippen molar-refractivity contribution < 1.29 is 0 Å². The van der Waals surface area contributed by atoms with Crippen LogP contribution < -0.4 is 0 Å². The van der Waals surface area contributed by atoms with E-state index >= 15 is 0 Å². The quantitative estimate of drug-likeness (QED) is 0.717. The maximum Gasteiger partial charge on any atom is 0.168 e. The summed E-state index contributed by atoms with van der Waals surface area (Å²) >= 11 is 1.74. The standard InChI is InChI=1S/C12H12N2S/c1-9-3-2-4-10(7-9)11-8-15-12-13-5-6-14(11)12/h2-4,7-8H,5-6H2,1H3. The van der Waals surface area contributed by atoms with Gasteiger partial charge in [-0.3, -0.25) is 4.99 Å². The molecule has 1 aromatic rings. The first-order valence-corrected chi connectivity index (χ1v) is 5.98. The molecule has 2 nitrogen and oxygen atoms in total. The summed E-state index contributed by atoms with van der Waals surface area (Å²) in [6.07, 6.45) is 0. The highest BCUT2D eigenvalue weighted by Gasteiger charge is 2.26. The molecule has 0 amide bonds. The molecule has 0 radical (unpaired) electrons. The van der Waals surface area contributed by atoms with Crippen LogP contribution in [0.15, 0.2) is 34.7 Å². The Labute approximate surface area is 93.7 Å². The SMILES string of the molecule is Cc1cccc(C2=CSC3=NCCN23)c1. The summed E-state index contributed by atoms with van der Waals surface area (Å²) in [6, 6.07) is 8.64. The minimum Gasteiger partial charge on any atom is -0.318 e. The van der Waals surface area contributed by atoms with E-state index in [0.29, 0.717) is 0 Å². The van der Waals surface area contributed by atoms with Gasteiger partial charge in [-0.15, -0.1) is 0 Å². The van der Waals surface area contributed by atoms with Gasteiger partial charge in [-0.05, 0) is 18.6 Å². The molecule has 15 heavy (non-hydrogen) atoms. The predicted octanol–water partition coefficient (Wildman–Crippen LogP) is 2.71. The van der Waals surface area contributed by atoms with E-state index in [4.69, 9.17) is 0 Å². The highest BCUT2D eigenvalue weighted by atomic mass is 32.2. The Hall–Kier alpha value is -1.22. The predicted molar refractivity (Wildman–Crippen MR) is 65.8 cm³/mol. The molecule has 0 atom stereocenters. The molecule has 0 fully saturated rings. The molecule has 0 saturated carbocycles. The van der Waals surface area contributed by atoms with Crippen LogP contribution >= 0.6 is 11.8 Å². The third-order valence-electron chi connectivity index (χ3n) is 2.68. The first-order valence-electron chi connectivity index (χ1n) is 5.10. The van der Waals surface area contributed by atoms with E-state index in [1.54, 1.807) is 11.8 Å². The maximum absolute atomic E-state index is 4.45. The largest absolute Gasteiger partial charge is 0.318 e. The smallest absolute Gasteiger partial charge is 0.168 e. The number of amidine groups is 1. The Kier molecular flexibility index (Phi) is 2.06. The summed E-state index contributed by atoms with van der Waals surface area (Å²) in [4.78, 5) is 6.75. The van der Waals surface area contributed by atoms with E-state index in [1.807, 2.05) is 0 Å². The summed E-state index contributed by atoms with van der Waals surface area (Å²) in [5.41, 5.74) is 3.91. The molecule has 76 valence electrons. The van der Waals surface area contributed by atoms with Crippen molar-refractivity contribution >= 4 is 22.6 Å². The van der Waals surface area contributed by atoms with Crippen LogP contribution in [0.1, 0.15) is 11.1 Å². The molecular weight excluding hydrogens is 204 g/mol. The van der Waals surface area contributed by atoms with Crippen molar-refractivity contribution in [2.24, 2.45) is 4.99 Å². The number of aliphatic imine (C=N–C) groups is 1. The van der Waals surface area contributed by atoms with E-state index in [2.05, 4.69) is 46.5 Å². The van der Waals surface area contributed by atoms with E-state index < -0.39 is 0 Å². The summed E-state index contributed by atoms with van der Waals surface area (Å²) in [5.74, 6) is 0. The first-order chi connectivity index (χ1) is 7.34. The van der Waals surface area contributed by atoms with Gasteiger partial charge in [-0.2, -0.15) is 0 Å². The monoisotopic (exact) mass is 216 g/mol. The lowest BCUT2D eigenvalue weighted by Gasteiger charge is -2.16. The van der Waals surface area contributed by atoms with Gasteiger partial charge < -0.3 is 4.90 Å². The molecule has 2 aliphatic rings. The van der Waals surface area contributed by atoms with Crippen molar-refractivity contribution in [1.29, 1.82) is 0 Å². The topological polar surface area (TPSA) is 15.6 Å². The summed E-state index contributed by atoms with van der Waals surface area (Å²) < 4.78 is 0. The van der Waals surface area contributed by atoms with Crippen LogP contribution in [0.3, 0.4) is 0 Å². The summed E-state index contributed by atoms with van der Waals surface area (Å²) in [6.45, 7) is 4.10. The van der Waals surface area contributed by atoms with Crippen LogP contribution in [0, 0.1) is 6.92 Å². The van der Waals surface area contributed by atoms with Crippen LogP contribution in [0.25, 0.3) is 5.70 Å². The molecule has 3 heteroatoms. The van der Waals surface area contributed by atoms with Crippen LogP contribution in [0.4, 0.5) is 0 Å². The molecule has 0 spiro atoms. The van der Waals surface area contributed by atoms with E-state index in [9.17, 15) is 0 Å². The Morgan fingerprint density at radius 1 is 1.40 bits per heavy atom. The van der Waals surface area contributed by atoms with Gasteiger partial charge in [0.15, 0.2) is 5.17 Å². The van der Waals surface area contributed by atoms with Gasteiger partial charge in [0.1, 0.15) is 0 Å². The molecule has 0 bridgehead atoms. The molecular formula is C12H12N2S. The summed E-state index contributed by atoms with van der Waals surface area (Å²) in [7, 11) is 0. The Bertz CT molecular complexity index is 462. The minimum atomic E-state index is 0.936. The number of hydrogen-bond acceptors (Lipinski definition) is 3. The van der Waals surface area contributed by atoms with Gasteiger partial charge in [0.25, 0.3) is 0 Å². The fourth-order valence-electron chi connectivity index (χ4n) is 1.95. The normalized spacial score (nSPS) is 18.9. The van der Waals surface area contributed by atoms with Gasteiger partial charge in [-0.25, -0.2) is 0 Å². The summed E-state index contributed by atoms with van der Waals surface area (Å²) in [5, 5.41) is 3.36. The maximum atomic E-state index is 4.45. The second kappa shape index (κ2) is 3.42. The molecule has 0 aromatic heterocycles. The number of nitrogens with zero attached hydrogens (tertiary/aromatic N) is 2. The first kappa shape index (κ1) is 9.04. The van der Waals surface area contributed by atoms with Crippen LogP contribution in [-0.2, 0) is 0 Å². The Morgan fingerprint density at radius 2 is 2.33 bits per heavy atom. The van der Waals surface area contributed by atoms with E-state index in [-0.39, 0.29) is 0 Å². The van der Waals surface area contributed by atoms with Crippen LogP contribution in [0.5, 0.6) is 0 Å². The molecule has 2 aliphatic heterocycles. The molecule has 3 rings (SSSR count). The highest BCUT2D eigenvalue weighted by Crippen LogP contribution is 2.35. The number of fused-ring (bicyclic) bond motifs is 1. The lowest BCUT2D eigenvalue weighted by Crippen LogP contribution is -2.19. The Balaban J connectivity index is 1.99. The number of hydrogen-bond donors (Lipinski definition) is 0. The minimum absolute atomic E-state index is 0.936. The van der Waals surface area contributed by atoms with Crippen molar-refractivity contribution in [2.45, 2.75) is 6.92 Å². The third kappa shape index (κ3) is 1.47. The van der Waals surface area contributed by atoms with Crippen LogP contribution in [-0.4, -0.2) is 23.2 Å². The van der Waals surface area contributed by atoms with Crippen LogP contribution in [0.2, 0.25) is 0 Å². The van der Waals surface area contributed by atoms with Crippen molar-refractivity contribution in [2.75, 3.05) is 13.1 Å². The molecule has 0 N–H and O–H groups in total. The number of rotatable bonds is 1. The van der Waals surface area contributed by atoms with Crippen molar-refractivity contribution in [3.63, 3.8) is 0 Å². The van der Waals surface area contributed by atoms with E-state index in [1.165, 1.54) is 16.8 Å². The highest BCUT2D eigenvalue weighted by molar-refractivity contribution is 8.16. The zero-order valence-electron chi connectivity index (χ0n) is 8.60.